The third kappa shape index (κ3) is 3.33. The quantitative estimate of drug-likeness (QED) is 0.483. The average molecular weight is 354 g/mol. The van der Waals surface area contributed by atoms with Crippen molar-refractivity contribution in [2.45, 2.75) is 37.4 Å². The Labute approximate surface area is 143 Å². The molecule has 0 saturated carbocycles. The molecule has 2 aromatic heterocycles. The molecule has 1 aliphatic rings. The minimum atomic E-state index is -1.06. The SMILES string of the molecule is NCCCSCC[C@H]1O[C@@H](n2cnc3c(N)ncnc32)[C@H](O)[C@@H]1O. The Kier molecular flexibility index (Phi) is 5.51. The van der Waals surface area contributed by atoms with E-state index in [-0.39, 0.29) is 5.82 Å². The number of hydrogen-bond acceptors (Lipinski definition) is 9. The molecule has 0 aliphatic carbocycles. The highest BCUT2D eigenvalue weighted by Crippen LogP contribution is 2.33. The molecule has 1 saturated heterocycles. The zero-order valence-electron chi connectivity index (χ0n) is 13.2. The lowest BCUT2D eigenvalue weighted by molar-refractivity contribution is -0.0352. The van der Waals surface area contributed by atoms with Gasteiger partial charge in [0.05, 0.1) is 12.4 Å². The summed E-state index contributed by atoms with van der Waals surface area (Å²) in [5, 5.41) is 20.6. The zero-order chi connectivity index (χ0) is 17.1. The van der Waals surface area contributed by atoms with Crippen molar-refractivity contribution in [2.24, 2.45) is 5.73 Å². The maximum Gasteiger partial charge on any atom is 0.167 e. The molecule has 1 fully saturated rings. The van der Waals surface area contributed by atoms with Crippen LogP contribution in [-0.4, -0.2) is 66.1 Å². The molecule has 0 unspecified atom stereocenters. The fourth-order valence-corrected chi connectivity index (χ4v) is 3.71. The first kappa shape index (κ1) is 17.4. The van der Waals surface area contributed by atoms with E-state index in [9.17, 15) is 10.2 Å². The van der Waals surface area contributed by atoms with Gasteiger partial charge in [0, 0.05) is 0 Å². The third-order valence-electron chi connectivity index (χ3n) is 4.04. The molecule has 132 valence electrons. The van der Waals surface area contributed by atoms with Crippen molar-refractivity contribution in [3.63, 3.8) is 0 Å². The maximum absolute atomic E-state index is 10.3. The number of hydrogen-bond donors (Lipinski definition) is 4. The summed E-state index contributed by atoms with van der Waals surface area (Å²) in [4.78, 5) is 12.2. The van der Waals surface area contributed by atoms with Crippen molar-refractivity contribution in [3.05, 3.63) is 12.7 Å². The number of fused-ring (bicyclic) bond motifs is 1. The Bertz CT molecular complexity index is 684. The van der Waals surface area contributed by atoms with Crippen LogP contribution >= 0.6 is 11.8 Å². The van der Waals surface area contributed by atoms with E-state index in [1.165, 1.54) is 12.7 Å². The van der Waals surface area contributed by atoms with Gasteiger partial charge in [-0.15, -0.1) is 0 Å². The Hall–Kier alpha value is -1.46. The monoisotopic (exact) mass is 354 g/mol. The molecule has 0 amide bonds. The van der Waals surface area contributed by atoms with Gasteiger partial charge in [0.25, 0.3) is 0 Å². The molecule has 3 rings (SSSR count). The number of anilines is 1. The molecule has 6 N–H and O–H groups in total. The lowest BCUT2D eigenvalue weighted by Crippen LogP contribution is -2.31. The summed E-state index contributed by atoms with van der Waals surface area (Å²) in [5.41, 5.74) is 12.2. The van der Waals surface area contributed by atoms with Crippen molar-refractivity contribution in [3.8, 4) is 0 Å². The second-order valence-corrected chi connectivity index (χ2v) is 6.90. The van der Waals surface area contributed by atoms with Gasteiger partial charge in [0.2, 0.25) is 0 Å². The van der Waals surface area contributed by atoms with E-state index in [1.807, 2.05) is 0 Å². The second-order valence-electron chi connectivity index (χ2n) is 5.67. The van der Waals surface area contributed by atoms with Gasteiger partial charge in [0.15, 0.2) is 17.7 Å². The molecule has 10 heteroatoms. The molecule has 9 nitrogen and oxygen atoms in total. The van der Waals surface area contributed by atoms with Gasteiger partial charge in [-0.2, -0.15) is 11.8 Å². The zero-order valence-corrected chi connectivity index (χ0v) is 14.0. The van der Waals surface area contributed by atoms with Crippen LogP contribution in [0, 0.1) is 0 Å². The van der Waals surface area contributed by atoms with Crippen LogP contribution in [0.3, 0.4) is 0 Å². The summed E-state index contributed by atoms with van der Waals surface area (Å²) in [6.07, 6.45) is 1.23. The van der Waals surface area contributed by atoms with Gasteiger partial charge < -0.3 is 26.4 Å². The predicted octanol–water partition coefficient (Wildman–Crippen LogP) is -0.500. The minimum absolute atomic E-state index is 0.264. The van der Waals surface area contributed by atoms with Gasteiger partial charge in [0.1, 0.15) is 24.1 Å². The highest BCUT2D eigenvalue weighted by Gasteiger charge is 2.43. The number of thioether (sulfide) groups is 1. The van der Waals surface area contributed by atoms with E-state index in [1.54, 1.807) is 16.3 Å². The average Bonchev–Trinajstić information content (AvgIpc) is 3.12. The van der Waals surface area contributed by atoms with Crippen molar-refractivity contribution in [2.75, 3.05) is 23.8 Å². The highest BCUT2D eigenvalue weighted by molar-refractivity contribution is 7.99. The number of aliphatic hydroxyl groups is 2. The summed E-state index contributed by atoms with van der Waals surface area (Å²) in [6.45, 7) is 0.676. The van der Waals surface area contributed by atoms with Crippen molar-refractivity contribution >= 4 is 28.7 Å². The fourth-order valence-electron chi connectivity index (χ4n) is 2.74. The summed E-state index contributed by atoms with van der Waals surface area (Å²) in [6, 6.07) is 0. The lowest BCUT2D eigenvalue weighted by Gasteiger charge is -2.16. The van der Waals surface area contributed by atoms with E-state index in [2.05, 4.69) is 15.0 Å². The van der Waals surface area contributed by atoms with Crippen LogP contribution in [0.4, 0.5) is 5.82 Å². The molecule has 0 aromatic carbocycles. The Morgan fingerprint density at radius 2 is 2.04 bits per heavy atom. The number of aliphatic hydroxyl groups excluding tert-OH is 2. The maximum atomic E-state index is 10.3. The molecule has 0 bridgehead atoms. The largest absolute Gasteiger partial charge is 0.388 e. The predicted molar refractivity (Wildman–Crippen MR) is 91.3 cm³/mol. The molecule has 0 spiro atoms. The smallest absolute Gasteiger partial charge is 0.167 e. The van der Waals surface area contributed by atoms with Crippen LogP contribution in [-0.2, 0) is 4.74 Å². The van der Waals surface area contributed by atoms with Crippen molar-refractivity contribution in [1.82, 2.24) is 19.5 Å². The molecule has 2 aromatic rings. The highest BCUT2D eigenvalue weighted by atomic mass is 32.2. The first-order valence-corrected chi connectivity index (χ1v) is 9.01. The van der Waals surface area contributed by atoms with E-state index < -0.39 is 24.5 Å². The number of imidazole rings is 1. The topological polar surface area (TPSA) is 145 Å². The summed E-state index contributed by atoms with van der Waals surface area (Å²) in [7, 11) is 0. The number of nitrogens with zero attached hydrogens (tertiary/aromatic N) is 4. The van der Waals surface area contributed by atoms with Gasteiger partial charge in [-0.1, -0.05) is 0 Å². The number of rotatable bonds is 7. The Balaban J connectivity index is 1.69. The van der Waals surface area contributed by atoms with E-state index >= 15 is 0 Å². The number of ether oxygens (including phenoxy) is 1. The van der Waals surface area contributed by atoms with Gasteiger partial charge in [-0.05, 0) is 30.9 Å². The number of nitrogen functional groups attached to an aromatic ring is 1. The van der Waals surface area contributed by atoms with Gasteiger partial charge >= 0.3 is 0 Å². The standard InChI is InChI=1S/C14H22N6O3S/c15-3-1-4-24-5-2-8-10(21)11(22)14(23-8)20-7-19-9-12(16)17-6-18-13(9)20/h6-8,10-11,14,21-22H,1-5,15H2,(H2,16,17,18)/t8-,10-,11-,14-/m1/s1. The van der Waals surface area contributed by atoms with Gasteiger partial charge in [-0.25, -0.2) is 15.0 Å². The molecule has 3 heterocycles. The first-order valence-electron chi connectivity index (χ1n) is 7.86. The molecular weight excluding hydrogens is 332 g/mol. The molecule has 24 heavy (non-hydrogen) atoms. The van der Waals surface area contributed by atoms with Gasteiger partial charge in [-0.3, -0.25) is 4.57 Å². The molecule has 1 aliphatic heterocycles. The first-order chi connectivity index (χ1) is 11.6. The normalized spacial score (nSPS) is 27.1. The Morgan fingerprint density at radius 3 is 2.83 bits per heavy atom. The third-order valence-corrected chi connectivity index (χ3v) is 5.14. The van der Waals surface area contributed by atoms with Crippen molar-refractivity contribution in [1.29, 1.82) is 0 Å². The van der Waals surface area contributed by atoms with Crippen LogP contribution in [0.15, 0.2) is 12.7 Å². The Morgan fingerprint density at radius 1 is 1.21 bits per heavy atom. The van der Waals surface area contributed by atoms with Crippen LogP contribution in [0.2, 0.25) is 0 Å². The van der Waals surface area contributed by atoms with Crippen LogP contribution < -0.4 is 11.5 Å². The van der Waals surface area contributed by atoms with Crippen LogP contribution in [0.5, 0.6) is 0 Å². The molecule has 0 radical (unpaired) electrons. The molecular formula is C14H22N6O3S. The minimum Gasteiger partial charge on any atom is -0.388 e. The summed E-state index contributed by atoms with van der Waals surface area (Å²) in [5.74, 6) is 2.08. The molecule has 4 atom stereocenters. The summed E-state index contributed by atoms with van der Waals surface area (Å²) < 4.78 is 7.45. The fraction of sp³-hybridized carbons (Fsp3) is 0.643. The van der Waals surface area contributed by atoms with E-state index in [0.717, 1.165) is 17.9 Å². The number of aromatic nitrogens is 4. The number of nitrogens with two attached hydrogens (primary N) is 2. The second kappa shape index (κ2) is 7.62. The van der Waals surface area contributed by atoms with Crippen LogP contribution in [0.1, 0.15) is 19.1 Å². The summed E-state index contributed by atoms with van der Waals surface area (Å²) >= 11 is 1.76. The van der Waals surface area contributed by atoms with Crippen molar-refractivity contribution < 1.29 is 14.9 Å². The van der Waals surface area contributed by atoms with E-state index in [0.29, 0.717) is 24.1 Å². The van der Waals surface area contributed by atoms with Crippen LogP contribution in [0.25, 0.3) is 11.2 Å². The lowest BCUT2D eigenvalue weighted by atomic mass is 10.1. The van der Waals surface area contributed by atoms with E-state index in [4.69, 9.17) is 16.2 Å².